The molecular weight excluding hydrogens is 332 g/mol. The van der Waals surface area contributed by atoms with Gasteiger partial charge in [0.1, 0.15) is 34.3 Å². The number of nitrogens with zero attached hydrogens (tertiary/aromatic N) is 2. The van der Waals surface area contributed by atoms with Crippen LogP contribution >= 0.6 is 15.9 Å². The monoisotopic (exact) mass is 346 g/mol. The van der Waals surface area contributed by atoms with E-state index in [1.165, 1.54) is 0 Å². The van der Waals surface area contributed by atoms with Crippen LogP contribution in [0.1, 0.15) is 22.4 Å². The van der Waals surface area contributed by atoms with Crippen LogP contribution in [-0.2, 0) is 6.61 Å². The standard InChI is InChI=1S/C16H15BrN2O2/c1-10-15(14(8-18)11(2)19-16(10)17)21-9-12-4-6-13(20-3)7-5-12/h4-7H,9H2,1-3H3. The molecule has 108 valence electrons. The lowest BCUT2D eigenvalue weighted by atomic mass is 10.1. The van der Waals surface area contributed by atoms with Crippen LogP contribution in [0.25, 0.3) is 0 Å². The highest BCUT2D eigenvalue weighted by atomic mass is 79.9. The SMILES string of the molecule is COc1ccc(COc2c(C)c(Br)nc(C)c2C#N)cc1. The Morgan fingerprint density at radius 3 is 2.48 bits per heavy atom. The molecule has 0 aliphatic rings. The van der Waals surface area contributed by atoms with Crippen LogP contribution in [0.4, 0.5) is 0 Å². The Morgan fingerprint density at radius 2 is 1.90 bits per heavy atom. The summed E-state index contributed by atoms with van der Waals surface area (Å²) < 4.78 is 11.7. The molecule has 5 heteroatoms. The molecule has 1 aromatic heterocycles. The smallest absolute Gasteiger partial charge is 0.145 e. The first-order chi connectivity index (χ1) is 10.1. The van der Waals surface area contributed by atoms with Crippen LogP contribution in [0.2, 0.25) is 0 Å². The maximum Gasteiger partial charge on any atom is 0.145 e. The number of aryl methyl sites for hydroxylation is 1. The molecule has 2 rings (SSSR count). The third-order valence-electron chi connectivity index (χ3n) is 3.16. The molecule has 0 radical (unpaired) electrons. The first-order valence-electron chi connectivity index (χ1n) is 6.39. The highest BCUT2D eigenvalue weighted by molar-refractivity contribution is 9.10. The van der Waals surface area contributed by atoms with Crippen LogP contribution in [0.5, 0.6) is 11.5 Å². The van der Waals surface area contributed by atoms with Gasteiger partial charge in [-0.15, -0.1) is 0 Å². The number of rotatable bonds is 4. The van der Waals surface area contributed by atoms with Gasteiger partial charge in [0.2, 0.25) is 0 Å². The average Bonchev–Trinajstić information content (AvgIpc) is 2.50. The topological polar surface area (TPSA) is 55.1 Å². The maximum absolute atomic E-state index is 9.28. The lowest BCUT2D eigenvalue weighted by Gasteiger charge is -2.13. The Hall–Kier alpha value is -2.06. The molecule has 0 spiro atoms. The van der Waals surface area contributed by atoms with Crippen LogP contribution < -0.4 is 9.47 Å². The van der Waals surface area contributed by atoms with E-state index >= 15 is 0 Å². The van der Waals surface area contributed by atoms with Gasteiger partial charge in [-0.1, -0.05) is 12.1 Å². The van der Waals surface area contributed by atoms with Gasteiger partial charge in [0.05, 0.1) is 12.8 Å². The van der Waals surface area contributed by atoms with Crippen LogP contribution in [0.3, 0.4) is 0 Å². The molecule has 0 saturated carbocycles. The predicted molar refractivity (Wildman–Crippen MR) is 83.5 cm³/mol. The molecule has 2 aromatic rings. The normalized spacial score (nSPS) is 10.0. The highest BCUT2D eigenvalue weighted by Crippen LogP contribution is 2.30. The fraction of sp³-hybridized carbons (Fsp3) is 0.250. The predicted octanol–water partition coefficient (Wildman–Crippen LogP) is 3.92. The van der Waals surface area contributed by atoms with Gasteiger partial charge >= 0.3 is 0 Å². The van der Waals surface area contributed by atoms with Crippen molar-refractivity contribution in [3.63, 3.8) is 0 Å². The quantitative estimate of drug-likeness (QED) is 0.787. The van der Waals surface area contributed by atoms with Crippen molar-refractivity contribution in [1.82, 2.24) is 4.98 Å². The summed E-state index contributed by atoms with van der Waals surface area (Å²) in [6, 6.07) is 9.78. The number of aromatic nitrogens is 1. The van der Waals surface area contributed by atoms with Crippen molar-refractivity contribution in [3.05, 3.63) is 51.3 Å². The van der Waals surface area contributed by atoms with Gasteiger partial charge in [0, 0.05) is 5.56 Å². The minimum Gasteiger partial charge on any atom is -0.497 e. The Kier molecular flexibility index (Phi) is 4.81. The maximum atomic E-state index is 9.28. The van der Waals surface area contributed by atoms with E-state index in [-0.39, 0.29) is 0 Å². The zero-order chi connectivity index (χ0) is 15.4. The average molecular weight is 347 g/mol. The largest absolute Gasteiger partial charge is 0.497 e. The number of ether oxygens (including phenoxy) is 2. The summed E-state index contributed by atoms with van der Waals surface area (Å²) in [4.78, 5) is 4.28. The van der Waals surface area contributed by atoms with Gasteiger partial charge < -0.3 is 9.47 Å². The van der Waals surface area contributed by atoms with Crippen LogP contribution in [-0.4, -0.2) is 12.1 Å². The number of pyridine rings is 1. The summed E-state index contributed by atoms with van der Waals surface area (Å²) in [5.41, 5.74) is 2.96. The van der Waals surface area contributed by atoms with Gasteiger partial charge in [-0.05, 0) is 47.5 Å². The van der Waals surface area contributed by atoms with E-state index in [0.717, 1.165) is 16.9 Å². The summed E-state index contributed by atoms with van der Waals surface area (Å²) in [5.74, 6) is 1.38. The number of benzene rings is 1. The Morgan fingerprint density at radius 1 is 1.24 bits per heavy atom. The lowest BCUT2D eigenvalue weighted by Crippen LogP contribution is -2.03. The van der Waals surface area contributed by atoms with Crippen molar-refractivity contribution in [2.45, 2.75) is 20.5 Å². The van der Waals surface area contributed by atoms with Crippen molar-refractivity contribution in [3.8, 4) is 17.6 Å². The summed E-state index contributed by atoms with van der Waals surface area (Å²) >= 11 is 3.39. The summed E-state index contributed by atoms with van der Waals surface area (Å²) in [7, 11) is 1.63. The fourth-order valence-corrected chi connectivity index (χ4v) is 2.37. The molecule has 0 amide bonds. The zero-order valence-electron chi connectivity index (χ0n) is 12.1. The number of halogens is 1. The third-order valence-corrected chi connectivity index (χ3v) is 3.93. The van der Waals surface area contributed by atoms with Crippen LogP contribution in [0, 0.1) is 25.2 Å². The molecule has 21 heavy (non-hydrogen) atoms. The molecule has 1 aromatic carbocycles. The first-order valence-corrected chi connectivity index (χ1v) is 7.18. The molecule has 1 heterocycles. The molecule has 0 N–H and O–H groups in total. The second-order valence-corrected chi connectivity index (χ2v) is 5.32. The third kappa shape index (κ3) is 3.34. The van der Waals surface area contributed by atoms with Gasteiger partial charge in [-0.3, -0.25) is 0 Å². The van der Waals surface area contributed by atoms with E-state index in [1.807, 2.05) is 31.2 Å². The Balaban J connectivity index is 2.25. The van der Waals surface area contributed by atoms with E-state index in [1.54, 1.807) is 14.0 Å². The fourth-order valence-electron chi connectivity index (χ4n) is 1.92. The summed E-state index contributed by atoms with van der Waals surface area (Å²) in [6.45, 7) is 4.05. The molecule has 0 atom stereocenters. The highest BCUT2D eigenvalue weighted by Gasteiger charge is 2.15. The number of nitriles is 1. The Bertz CT molecular complexity index is 691. The lowest BCUT2D eigenvalue weighted by molar-refractivity contribution is 0.302. The van der Waals surface area contributed by atoms with Crippen molar-refractivity contribution in [2.24, 2.45) is 0 Å². The van der Waals surface area contributed by atoms with E-state index in [0.29, 0.717) is 28.2 Å². The van der Waals surface area contributed by atoms with Crippen LogP contribution in [0.15, 0.2) is 28.9 Å². The molecule has 0 fully saturated rings. The van der Waals surface area contributed by atoms with Gasteiger partial charge in [-0.2, -0.15) is 5.26 Å². The Labute approximate surface area is 132 Å². The summed E-state index contributed by atoms with van der Waals surface area (Å²) in [5, 5.41) is 9.28. The van der Waals surface area contributed by atoms with Crippen molar-refractivity contribution in [1.29, 1.82) is 5.26 Å². The van der Waals surface area contributed by atoms with E-state index < -0.39 is 0 Å². The van der Waals surface area contributed by atoms with Crippen molar-refractivity contribution in [2.75, 3.05) is 7.11 Å². The number of hydrogen-bond acceptors (Lipinski definition) is 4. The summed E-state index contributed by atoms with van der Waals surface area (Å²) in [6.07, 6.45) is 0. The molecule has 0 saturated heterocycles. The zero-order valence-corrected chi connectivity index (χ0v) is 13.7. The van der Waals surface area contributed by atoms with Gasteiger partial charge in [0.25, 0.3) is 0 Å². The number of methoxy groups -OCH3 is 1. The van der Waals surface area contributed by atoms with E-state index in [2.05, 4.69) is 27.0 Å². The van der Waals surface area contributed by atoms with E-state index in [9.17, 15) is 5.26 Å². The van der Waals surface area contributed by atoms with E-state index in [4.69, 9.17) is 9.47 Å². The van der Waals surface area contributed by atoms with Gasteiger partial charge in [0.15, 0.2) is 0 Å². The first kappa shape index (κ1) is 15.3. The molecule has 0 aliphatic heterocycles. The molecule has 4 nitrogen and oxygen atoms in total. The van der Waals surface area contributed by atoms with Crippen molar-refractivity contribution >= 4 is 15.9 Å². The van der Waals surface area contributed by atoms with Gasteiger partial charge in [-0.25, -0.2) is 4.98 Å². The minimum absolute atomic E-state index is 0.384. The molecular formula is C16H15BrN2O2. The number of hydrogen-bond donors (Lipinski definition) is 0. The second kappa shape index (κ2) is 6.59. The molecule has 0 unspecified atom stereocenters. The second-order valence-electron chi connectivity index (χ2n) is 4.57. The minimum atomic E-state index is 0.384. The molecule has 0 bridgehead atoms. The van der Waals surface area contributed by atoms with Crippen molar-refractivity contribution < 1.29 is 9.47 Å². The molecule has 0 aliphatic carbocycles.